The van der Waals surface area contributed by atoms with E-state index in [0.29, 0.717) is 0 Å². The van der Waals surface area contributed by atoms with Crippen LogP contribution in [0.15, 0.2) is 212 Å². The highest BCUT2D eigenvalue weighted by molar-refractivity contribution is 6.09. The van der Waals surface area contributed by atoms with Crippen LogP contribution in [0.2, 0.25) is 0 Å². The molecule has 248 valence electrons. The van der Waals surface area contributed by atoms with Crippen LogP contribution in [0.3, 0.4) is 0 Å². The molecule has 10 rings (SSSR count). The van der Waals surface area contributed by atoms with Crippen molar-refractivity contribution in [2.24, 2.45) is 0 Å². The molecule has 0 atom stereocenters. The molecular weight excluding hydrogens is 639 g/mol. The Morgan fingerprint density at radius 2 is 0.811 bits per heavy atom. The van der Waals surface area contributed by atoms with Gasteiger partial charge in [-0.1, -0.05) is 170 Å². The van der Waals surface area contributed by atoms with E-state index in [9.17, 15) is 0 Å². The molecule has 0 radical (unpaired) electrons. The first-order chi connectivity index (χ1) is 26.3. The molecule has 1 nitrogen and oxygen atoms in total. The lowest BCUT2D eigenvalue weighted by atomic mass is 9.93. The average molecular weight is 674 g/mol. The lowest BCUT2D eigenvalue weighted by Crippen LogP contribution is -2.11. The second kappa shape index (κ2) is 13.0. The van der Waals surface area contributed by atoms with Gasteiger partial charge in [0.25, 0.3) is 0 Å². The summed E-state index contributed by atoms with van der Waals surface area (Å²) in [6.07, 6.45) is 0. The van der Waals surface area contributed by atoms with Gasteiger partial charge in [0.05, 0.1) is 5.69 Å². The van der Waals surface area contributed by atoms with E-state index in [-0.39, 0.29) is 0 Å². The van der Waals surface area contributed by atoms with Gasteiger partial charge < -0.3 is 4.90 Å². The third kappa shape index (κ3) is 5.60. The van der Waals surface area contributed by atoms with Crippen molar-refractivity contribution in [2.45, 2.75) is 0 Å². The number of anilines is 3. The van der Waals surface area contributed by atoms with Gasteiger partial charge in [-0.05, 0) is 113 Å². The monoisotopic (exact) mass is 673 g/mol. The fourth-order valence-electron chi connectivity index (χ4n) is 7.95. The molecule has 0 saturated carbocycles. The van der Waals surface area contributed by atoms with Crippen molar-refractivity contribution in [3.63, 3.8) is 0 Å². The van der Waals surface area contributed by atoms with Gasteiger partial charge in [0.2, 0.25) is 0 Å². The van der Waals surface area contributed by atoms with Gasteiger partial charge in [-0.25, -0.2) is 0 Å². The first-order valence-electron chi connectivity index (χ1n) is 18.3. The quantitative estimate of drug-likeness (QED) is 0.159. The van der Waals surface area contributed by atoms with E-state index >= 15 is 0 Å². The van der Waals surface area contributed by atoms with Crippen LogP contribution >= 0.6 is 0 Å². The summed E-state index contributed by atoms with van der Waals surface area (Å²) in [4.78, 5) is 2.43. The summed E-state index contributed by atoms with van der Waals surface area (Å²) < 4.78 is 0. The minimum atomic E-state index is 1.10. The highest BCUT2D eigenvalue weighted by Gasteiger charge is 2.20. The van der Waals surface area contributed by atoms with E-state index in [1.54, 1.807) is 0 Å². The zero-order valence-electron chi connectivity index (χ0n) is 29.2. The Morgan fingerprint density at radius 1 is 0.245 bits per heavy atom. The molecule has 0 amide bonds. The first-order valence-corrected chi connectivity index (χ1v) is 18.3. The fourth-order valence-corrected chi connectivity index (χ4v) is 7.95. The normalized spacial score (nSPS) is 11.4. The molecule has 0 spiro atoms. The van der Waals surface area contributed by atoms with E-state index in [0.717, 1.165) is 17.1 Å². The maximum atomic E-state index is 2.43. The number of rotatable bonds is 6. The van der Waals surface area contributed by atoms with Crippen LogP contribution in [-0.2, 0) is 0 Å². The summed E-state index contributed by atoms with van der Waals surface area (Å²) >= 11 is 0. The minimum Gasteiger partial charge on any atom is -0.310 e. The van der Waals surface area contributed by atoms with Gasteiger partial charge in [-0.3, -0.25) is 0 Å². The SMILES string of the molecule is c1ccc(-c2cc(-c3cccc4ccccc34)ccc2N(c2ccc(-c3ccc4ccccc4c3)cc2)c2ccc3ccc4ccccc4c3c2)cc1. The van der Waals surface area contributed by atoms with E-state index in [1.165, 1.54) is 76.5 Å². The van der Waals surface area contributed by atoms with Crippen LogP contribution in [0, 0.1) is 0 Å². The second-order valence-corrected chi connectivity index (χ2v) is 13.8. The molecule has 0 heterocycles. The summed E-state index contributed by atoms with van der Waals surface area (Å²) in [6, 6.07) is 77.4. The van der Waals surface area contributed by atoms with Crippen molar-refractivity contribution in [3.05, 3.63) is 212 Å². The largest absolute Gasteiger partial charge is 0.310 e. The Balaban J connectivity index is 1.19. The van der Waals surface area contributed by atoms with Crippen molar-refractivity contribution in [1.29, 1.82) is 0 Å². The Labute approximate surface area is 309 Å². The minimum absolute atomic E-state index is 1.10. The van der Waals surface area contributed by atoms with Gasteiger partial charge in [-0.15, -0.1) is 0 Å². The first kappa shape index (κ1) is 30.8. The molecule has 0 aliphatic carbocycles. The van der Waals surface area contributed by atoms with Crippen molar-refractivity contribution in [3.8, 4) is 33.4 Å². The highest BCUT2D eigenvalue weighted by atomic mass is 15.1. The number of benzene rings is 10. The highest BCUT2D eigenvalue weighted by Crippen LogP contribution is 2.45. The number of hydrogen-bond acceptors (Lipinski definition) is 1. The van der Waals surface area contributed by atoms with E-state index in [4.69, 9.17) is 0 Å². The average Bonchev–Trinajstić information content (AvgIpc) is 3.24. The van der Waals surface area contributed by atoms with Gasteiger partial charge in [0.1, 0.15) is 0 Å². The van der Waals surface area contributed by atoms with Crippen molar-refractivity contribution < 1.29 is 0 Å². The molecule has 0 bridgehead atoms. The van der Waals surface area contributed by atoms with Crippen LogP contribution in [0.1, 0.15) is 0 Å². The van der Waals surface area contributed by atoms with Crippen LogP contribution in [0.4, 0.5) is 17.1 Å². The third-order valence-corrected chi connectivity index (χ3v) is 10.6. The summed E-state index contributed by atoms with van der Waals surface area (Å²) in [6.45, 7) is 0. The molecule has 1 heteroatoms. The van der Waals surface area contributed by atoms with Gasteiger partial charge in [0.15, 0.2) is 0 Å². The molecule has 0 N–H and O–H groups in total. The summed E-state index contributed by atoms with van der Waals surface area (Å²) in [5, 5.41) is 9.97. The maximum absolute atomic E-state index is 2.43. The molecule has 0 unspecified atom stereocenters. The van der Waals surface area contributed by atoms with Gasteiger partial charge >= 0.3 is 0 Å². The van der Waals surface area contributed by atoms with Crippen LogP contribution in [-0.4, -0.2) is 0 Å². The molecule has 0 aliphatic rings. The van der Waals surface area contributed by atoms with Crippen molar-refractivity contribution >= 4 is 60.2 Å². The Morgan fingerprint density at radius 3 is 1.62 bits per heavy atom. The lowest BCUT2D eigenvalue weighted by Gasteiger charge is -2.29. The second-order valence-electron chi connectivity index (χ2n) is 13.8. The van der Waals surface area contributed by atoms with E-state index in [1.807, 2.05) is 0 Å². The standard InChI is InChI=1S/C52H35N/c1-2-12-39(13-3-1)51-34-44(49-20-10-17-38-14-6-8-18-47(38)49)28-32-52(51)53(46-31-27-41-23-22-40-15-7-9-19-48(40)50(41)35-46)45-29-25-37(26-30-45)43-24-21-36-11-4-5-16-42(36)33-43/h1-35H. The summed E-state index contributed by atoms with van der Waals surface area (Å²) in [7, 11) is 0. The van der Waals surface area contributed by atoms with E-state index < -0.39 is 0 Å². The van der Waals surface area contributed by atoms with Gasteiger partial charge in [0, 0.05) is 16.9 Å². The smallest absolute Gasteiger partial charge is 0.0540 e. The topological polar surface area (TPSA) is 3.24 Å². The van der Waals surface area contributed by atoms with Crippen LogP contribution < -0.4 is 4.90 Å². The van der Waals surface area contributed by atoms with Crippen molar-refractivity contribution in [2.75, 3.05) is 4.90 Å². The molecule has 10 aromatic carbocycles. The summed E-state index contributed by atoms with van der Waals surface area (Å²) in [5.74, 6) is 0. The lowest BCUT2D eigenvalue weighted by molar-refractivity contribution is 1.29. The van der Waals surface area contributed by atoms with Crippen LogP contribution in [0.25, 0.3) is 76.5 Å². The zero-order chi connectivity index (χ0) is 35.1. The third-order valence-electron chi connectivity index (χ3n) is 10.6. The van der Waals surface area contributed by atoms with E-state index in [2.05, 4.69) is 217 Å². The predicted octanol–water partition coefficient (Wildman–Crippen LogP) is 14.8. The van der Waals surface area contributed by atoms with Crippen molar-refractivity contribution in [1.82, 2.24) is 0 Å². The molecule has 0 saturated heterocycles. The number of fused-ring (bicyclic) bond motifs is 5. The molecular formula is C52H35N. The Hall–Kier alpha value is -6.96. The molecule has 10 aromatic rings. The molecule has 0 aromatic heterocycles. The van der Waals surface area contributed by atoms with Gasteiger partial charge in [-0.2, -0.15) is 0 Å². The summed E-state index contributed by atoms with van der Waals surface area (Å²) in [5.41, 5.74) is 10.5. The molecule has 0 fully saturated rings. The fraction of sp³-hybridized carbons (Fsp3) is 0. The van der Waals surface area contributed by atoms with Crippen LogP contribution in [0.5, 0.6) is 0 Å². The Kier molecular flexibility index (Phi) is 7.55. The maximum Gasteiger partial charge on any atom is 0.0540 e. The Bertz CT molecular complexity index is 2940. The number of hydrogen-bond donors (Lipinski definition) is 0. The predicted molar refractivity (Wildman–Crippen MR) is 227 cm³/mol. The molecule has 0 aliphatic heterocycles. The zero-order valence-corrected chi connectivity index (χ0v) is 29.2. The number of nitrogens with zero attached hydrogens (tertiary/aromatic N) is 1. The molecule has 53 heavy (non-hydrogen) atoms.